The predicted molar refractivity (Wildman–Crippen MR) is 91.5 cm³/mol. The third-order valence-electron chi connectivity index (χ3n) is 4.43. The largest absolute Gasteiger partial charge is 0.306 e. The number of fused-ring (bicyclic) bond motifs is 4. The maximum Gasteiger partial charge on any atom is 0.190 e. The lowest BCUT2D eigenvalue weighted by Gasteiger charge is -2.27. The van der Waals surface area contributed by atoms with Gasteiger partial charge in [0.05, 0.1) is 11.1 Å². The highest BCUT2D eigenvalue weighted by Gasteiger charge is 2.38. The molecule has 0 amide bonds. The number of nitrogens with zero attached hydrogens (tertiary/aromatic N) is 1. The van der Waals surface area contributed by atoms with Gasteiger partial charge in [0.1, 0.15) is 4.58 Å². The average molecular weight is 370 g/mol. The molecule has 0 aliphatic carbocycles. The van der Waals surface area contributed by atoms with Crippen LogP contribution in [-0.4, -0.2) is 35.0 Å². The molecule has 2 aromatic rings. The summed E-state index contributed by atoms with van der Waals surface area (Å²) < 4.78 is 25.4. The van der Waals surface area contributed by atoms with Crippen molar-refractivity contribution in [2.75, 3.05) is 5.75 Å². The first kappa shape index (κ1) is 15.5. The highest BCUT2D eigenvalue weighted by atomic mass is 35.5. The second-order valence-electron chi connectivity index (χ2n) is 5.92. The van der Waals surface area contributed by atoms with Crippen molar-refractivity contribution in [2.45, 2.75) is 34.4 Å². The van der Waals surface area contributed by atoms with E-state index in [1.165, 1.54) is 17.3 Å². The summed E-state index contributed by atoms with van der Waals surface area (Å²) in [7, 11) is -3.37. The number of nitrogens with one attached hydrogen (secondary N) is 2. The van der Waals surface area contributed by atoms with E-state index in [1.54, 1.807) is 24.3 Å². The monoisotopic (exact) mass is 369 g/mol. The van der Waals surface area contributed by atoms with Crippen LogP contribution in [0.1, 0.15) is 23.7 Å². The maximum absolute atomic E-state index is 12.9. The van der Waals surface area contributed by atoms with Crippen LogP contribution in [0.4, 0.5) is 0 Å². The molecule has 1 aromatic carbocycles. The third kappa shape index (κ3) is 2.80. The first-order chi connectivity index (χ1) is 11.0. The van der Waals surface area contributed by atoms with Crippen molar-refractivity contribution >= 4 is 33.2 Å². The summed E-state index contributed by atoms with van der Waals surface area (Å²) in [4.78, 5) is 0.344. The van der Waals surface area contributed by atoms with Gasteiger partial charge in [-0.3, -0.25) is 5.10 Å². The van der Waals surface area contributed by atoms with Gasteiger partial charge in [-0.25, -0.2) is 8.42 Å². The van der Waals surface area contributed by atoms with Crippen molar-refractivity contribution in [2.24, 2.45) is 0 Å². The van der Waals surface area contributed by atoms with Gasteiger partial charge in [-0.1, -0.05) is 11.6 Å². The molecular formula is C15H16ClN3O2S2. The SMILES string of the molecule is O=S(=O)(c1ccc(Cl)cc1)C1CC2Cc3[nH]ncc3C(CS1)N2. The van der Waals surface area contributed by atoms with Crippen molar-refractivity contribution in [3.8, 4) is 0 Å². The Labute approximate surface area is 144 Å². The van der Waals surface area contributed by atoms with Crippen LogP contribution in [0.2, 0.25) is 5.02 Å². The number of hydrogen-bond acceptors (Lipinski definition) is 5. The number of thioether (sulfide) groups is 1. The molecule has 2 N–H and O–H groups in total. The lowest BCUT2D eigenvalue weighted by Crippen LogP contribution is -2.40. The number of rotatable bonds is 2. The molecule has 2 aliphatic heterocycles. The summed E-state index contributed by atoms with van der Waals surface area (Å²) in [6, 6.07) is 6.75. The smallest absolute Gasteiger partial charge is 0.190 e. The summed E-state index contributed by atoms with van der Waals surface area (Å²) in [5, 5.41) is 11.3. The molecule has 1 fully saturated rings. The third-order valence-corrected chi connectivity index (χ3v) is 8.75. The minimum atomic E-state index is -3.37. The molecule has 5 nitrogen and oxygen atoms in total. The van der Waals surface area contributed by atoms with E-state index in [4.69, 9.17) is 11.6 Å². The second-order valence-corrected chi connectivity index (χ2v) is 10.0. The van der Waals surface area contributed by atoms with Crippen LogP contribution in [0.3, 0.4) is 0 Å². The molecule has 3 unspecified atom stereocenters. The average Bonchev–Trinajstić information content (AvgIpc) is 2.92. The van der Waals surface area contributed by atoms with Gasteiger partial charge in [0.15, 0.2) is 9.84 Å². The van der Waals surface area contributed by atoms with Crippen LogP contribution in [0, 0.1) is 0 Å². The van der Waals surface area contributed by atoms with Crippen LogP contribution in [-0.2, 0) is 16.3 Å². The Kier molecular flexibility index (Phi) is 3.91. The van der Waals surface area contributed by atoms with Gasteiger partial charge in [0.25, 0.3) is 0 Å². The Morgan fingerprint density at radius 3 is 2.83 bits per heavy atom. The van der Waals surface area contributed by atoms with E-state index in [-0.39, 0.29) is 12.1 Å². The van der Waals surface area contributed by atoms with Gasteiger partial charge in [-0.2, -0.15) is 5.10 Å². The molecule has 122 valence electrons. The van der Waals surface area contributed by atoms with Crippen LogP contribution in [0.15, 0.2) is 35.4 Å². The van der Waals surface area contributed by atoms with Gasteiger partial charge >= 0.3 is 0 Å². The zero-order valence-corrected chi connectivity index (χ0v) is 14.6. The van der Waals surface area contributed by atoms with Crippen LogP contribution >= 0.6 is 23.4 Å². The number of halogens is 1. The van der Waals surface area contributed by atoms with E-state index in [9.17, 15) is 8.42 Å². The number of hydrogen-bond donors (Lipinski definition) is 2. The minimum Gasteiger partial charge on any atom is -0.306 e. The molecule has 2 bridgehead atoms. The van der Waals surface area contributed by atoms with Crippen molar-refractivity contribution < 1.29 is 8.42 Å². The molecule has 8 heteroatoms. The molecular weight excluding hydrogens is 354 g/mol. The lowest BCUT2D eigenvalue weighted by molar-refractivity contribution is 0.416. The number of aromatic amines is 1. The standard InChI is InChI=1S/C15H16ClN3O2S2/c16-9-1-3-11(4-2-9)23(20,21)15-6-10-5-13-12(7-17-19-13)14(18-10)8-22-15/h1-4,7,10,14-15,18H,5-6,8H2,(H,17,19). The Morgan fingerprint density at radius 2 is 2.04 bits per heavy atom. The summed E-state index contributed by atoms with van der Waals surface area (Å²) in [5.74, 6) is 0.723. The van der Waals surface area contributed by atoms with E-state index >= 15 is 0 Å². The maximum atomic E-state index is 12.9. The summed E-state index contributed by atoms with van der Waals surface area (Å²) in [6.45, 7) is 0. The number of H-pyrrole nitrogens is 1. The van der Waals surface area contributed by atoms with Gasteiger partial charge in [0.2, 0.25) is 0 Å². The molecule has 1 saturated heterocycles. The fourth-order valence-electron chi connectivity index (χ4n) is 3.25. The Morgan fingerprint density at radius 1 is 1.26 bits per heavy atom. The highest BCUT2D eigenvalue weighted by molar-refractivity contribution is 8.13. The zero-order chi connectivity index (χ0) is 16.0. The van der Waals surface area contributed by atoms with Gasteiger partial charge in [0, 0.05) is 40.5 Å². The van der Waals surface area contributed by atoms with Crippen molar-refractivity contribution in [3.63, 3.8) is 0 Å². The molecule has 23 heavy (non-hydrogen) atoms. The van der Waals surface area contributed by atoms with Gasteiger partial charge in [-0.15, -0.1) is 11.8 Å². The van der Waals surface area contributed by atoms with Crippen LogP contribution in [0.25, 0.3) is 0 Å². The molecule has 2 aliphatic rings. The van der Waals surface area contributed by atoms with Gasteiger partial charge < -0.3 is 5.32 Å². The number of benzene rings is 1. The van der Waals surface area contributed by atoms with Crippen molar-refractivity contribution in [3.05, 3.63) is 46.7 Å². The van der Waals surface area contributed by atoms with E-state index in [1.807, 2.05) is 6.20 Å². The predicted octanol–water partition coefficient (Wildman–Crippen LogP) is 2.56. The zero-order valence-electron chi connectivity index (χ0n) is 12.2. The fraction of sp³-hybridized carbons (Fsp3) is 0.400. The first-order valence-corrected chi connectivity index (χ1v) is 10.4. The Balaban J connectivity index is 1.62. The molecule has 4 rings (SSSR count). The molecule has 3 atom stereocenters. The van der Waals surface area contributed by atoms with E-state index in [0.717, 1.165) is 17.9 Å². The minimum absolute atomic E-state index is 0.148. The summed E-state index contributed by atoms with van der Waals surface area (Å²) >= 11 is 7.37. The van der Waals surface area contributed by atoms with E-state index < -0.39 is 14.4 Å². The van der Waals surface area contributed by atoms with Crippen molar-refractivity contribution in [1.82, 2.24) is 15.5 Å². The van der Waals surface area contributed by atoms with E-state index in [2.05, 4.69) is 15.5 Å². The quantitative estimate of drug-likeness (QED) is 0.850. The molecule has 0 radical (unpaired) electrons. The normalized spacial score (nSPS) is 27.3. The summed E-state index contributed by atoms with van der Waals surface area (Å²) in [5.41, 5.74) is 2.29. The Bertz CT molecular complexity index is 820. The molecule has 0 spiro atoms. The molecule has 1 aromatic heterocycles. The first-order valence-electron chi connectivity index (χ1n) is 7.43. The van der Waals surface area contributed by atoms with Crippen molar-refractivity contribution in [1.29, 1.82) is 0 Å². The topological polar surface area (TPSA) is 74.8 Å². The van der Waals surface area contributed by atoms with Gasteiger partial charge in [-0.05, 0) is 30.7 Å². The number of aromatic nitrogens is 2. The second kappa shape index (κ2) is 5.81. The molecule has 3 heterocycles. The highest BCUT2D eigenvalue weighted by Crippen LogP contribution is 2.38. The number of sulfone groups is 1. The van der Waals surface area contributed by atoms with Crippen LogP contribution in [0.5, 0.6) is 0 Å². The lowest BCUT2D eigenvalue weighted by atomic mass is 9.96. The van der Waals surface area contributed by atoms with E-state index in [0.29, 0.717) is 16.3 Å². The van der Waals surface area contributed by atoms with Crippen LogP contribution < -0.4 is 5.32 Å². The molecule has 0 saturated carbocycles. The Hall–Kier alpha value is -1.02. The summed E-state index contributed by atoms with van der Waals surface area (Å²) in [6.07, 6.45) is 3.22. The fourth-order valence-corrected chi connectivity index (χ4v) is 7.02.